The number of hydrogen-bond acceptors (Lipinski definition) is 3. The minimum atomic E-state index is -0.129. The van der Waals surface area contributed by atoms with Crippen LogP contribution < -0.4 is 5.32 Å². The van der Waals surface area contributed by atoms with Crippen molar-refractivity contribution in [1.82, 2.24) is 5.32 Å². The van der Waals surface area contributed by atoms with E-state index in [1.807, 2.05) is 13.8 Å². The lowest BCUT2D eigenvalue weighted by Gasteiger charge is -2.35. The van der Waals surface area contributed by atoms with Crippen molar-refractivity contribution < 1.29 is 9.53 Å². The molecule has 1 N–H and O–H groups in total. The fourth-order valence-corrected chi connectivity index (χ4v) is 2.77. The van der Waals surface area contributed by atoms with Crippen LogP contribution in [0.1, 0.15) is 53.4 Å². The quantitative estimate of drug-likeness (QED) is 0.752. The van der Waals surface area contributed by atoms with E-state index in [2.05, 4.69) is 19.2 Å². The summed E-state index contributed by atoms with van der Waals surface area (Å²) in [7, 11) is 0. The van der Waals surface area contributed by atoms with Crippen molar-refractivity contribution in [1.29, 1.82) is 0 Å². The van der Waals surface area contributed by atoms with E-state index in [1.165, 1.54) is 19.3 Å². The molecule has 1 aliphatic carbocycles. The highest BCUT2D eigenvalue weighted by Gasteiger charge is 2.29. The summed E-state index contributed by atoms with van der Waals surface area (Å²) in [5, 5.41) is 3.49. The SMILES string of the molecule is CCOC(=O)C(CC)NC1CCC(C)CC1C. The first-order chi connectivity index (χ1) is 8.08. The van der Waals surface area contributed by atoms with Gasteiger partial charge in [0.1, 0.15) is 6.04 Å². The molecule has 1 fully saturated rings. The van der Waals surface area contributed by atoms with Crippen molar-refractivity contribution in [3.63, 3.8) is 0 Å². The van der Waals surface area contributed by atoms with E-state index >= 15 is 0 Å². The summed E-state index contributed by atoms with van der Waals surface area (Å²) in [6.45, 7) is 8.95. The molecule has 3 heteroatoms. The summed E-state index contributed by atoms with van der Waals surface area (Å²) < 4.78 is 5.09. The number of rotatable bonds is 5. The Labute approximate surface area is 105 Å². The Morgan fingerprint density at radius 1 is 1.35 bits per heavy atom. The molecule has 1 saturated carbocycles. The van der Waals surface area contributed by atoms with Gasteiger partial charge in [0, 0.05) is 6.04 Å². The smallest absolute Gasteiger partial charge is 0.323 e. The lowest BCUT2D eigenvalue weighted by molar-refractivity contribution is -0.146. The third-order valence-electron chi connectivity index (χ3n) is 3.83. The average molecular weight is 241 g/mol. The molecule has 0 radical (unpaired) electrons. The fraction of sp³-hybridized carbons (Fsp3) is 0.929. The van der Waals surface area contributed by atoms with Crippen LogP contribution in [0.15, 0.2) is 0 Å². The first kappa shape index (κ1) is 14.5. The van der Waals surface area contributed by atoms with Gasteiger partial charge in [-0.1, -0.05) is 20.8 Å². The molecule has 1 aliphatic rings. The molecule has 0 aromatic carbocycles. The van der Waals surface area contributed by atoms with Gasteiger partial charge in [-0.05, 0) is 44.4 Å². The predicted molar refractivity (Wildman–Crippen MR) is 69.8 cm³/mol. The molecule has 4 unspecified atom stereocenters. The van der Waals surface area contributed by atoms with E-state index in [0.717, 1.165) is 12.3 Å². The molecule has 0 aromatic rings. The maximum absolute atomic E-state index is 11.7. The highest BCUT2D eigenvalue weighted by molar-refractivity contribution is 5.75. The van der Waals surface area contributed by atoms with Gasteiger partial charge in [-0.25, -0.2) is 0 Å². The molecule has 100 valence electrons. The van der Waals surface area contributed by atoms with Crippen LogP contribution >= 0.6 is 0 Å². The van der Waals surface area contributed by atoms with Crippen LogP contribution in [-0.4, -0.2) is 24.7 Å². The molecule has 0 bridgehead atoms. The number of ether oxygens (including phenoxy) is 1. The zero-order valence-electron chi connectivity index (χ0n) is 11.7. The largest absolute Gasteiger partial charge is 0.465 e. The molecular weight excluding hydrogens is 214 g/mol. The van der Waals surface area contributed by atoms with Crippen molar-refractivity contribution in [3.8, 4) is 0 Å². The summed E-state index contributed by atoms with van der Waals surface area (Å²) in [6, 6.07) is 0.344. The number of carbonyl (C=O) groups is 1. The summed E-state index contributed by atoms with van der Waals surface area (Å²) in [5.74, 6) is 1.38. The van der Waals surface area contributed by atoms with Gasteiger partial charge in [-0.2, -0.15) is 0 Å². The molecule has 0 saturated heterocycles. The maximum atomic E-state index is 11.7. The second-order valence-electron chi connectivity index (χ2n) is 5.38. The highest BCUT2D eigenvalue weighted by Crippen LogP contribution is 2.29. The van der Waals surface area contributed by atoms with E-state index in [-0.39, 0.29) is 12.0 Å². The molecular formula is C14H27NO2. The second kappa shape index (κ2) is 7.00. The summed E-state index contributed by atoms with van der Waals surface area (Å²) in [4.78, 5) is 11.7. The Hall–Kier alpha value is -0.570. The van der Waals surface area contributed by atoms with E-state index in [9.17, 15) is 4.79 Å². The molecule has 0 aromatic heterocycles. The van der Waals surface area contributed by atoms with Gasteiger partial charge in [0.2, 0.25) is 0 Å². The topological polar surface area (TPSA) is 38.3 Å². The lowest BCUT2D eigenvalue weighted by atomic mass is 9.79. The molecule has 4 atom stereocenters. The van der Waals surface area contributed by atoms with Crippen molar-refractivity contribution in [2.24, 2.45) is 11.8 Å². The third kappa shape index (κ3) is 4.30. The van der Waals surface area contributed by atoms with Crippen molar-refractivity contribution in [2.45, 2.75) is 65.5 Å². The monoisotopic (exact) mass is 241 g/mol. The molecule has 0 heterocycles. The van der Waals surface area contributed by atoms with Crippen LogP contribution in [0.2, 0.25) is 0 Å². The number of esters is 1. The van der Waals surface area contributed by atoms with Gasteiger partial charge >= 0.3 is 5.97 Å². The molecule has 0 amide bonds. The van der Waals surface area contributed by atoms with Crippen LogP contribution in [0, 0.1) is 11.8 Å². The van der Waals surface area contributed by atoms with Crippen molar-refractivity contribution in [3.05, 3.63) is 0 Å². The van der Waals surface area contributed by atoms with Gasteiger partial charge in [0.05, 0.1) is 6.61 Å². The number of carbonyl (C=O) groups excluding carboxylic acids is 1. The van der Waals surface area contributed by atoms with Crippen LogP contribution in [0.4, 0.5) is 0 Å². The van der Waals surface area contributed by atoms with Crippen LogP contribution in [0.5, 0.6) is 0 Å². The second-order valence-corrected chi connectivity index (χ2v) is 5.38. The van der Waals surface area contributed by atoms with Gasteiger partial charge < -0.3 is 10.1 Å². The standard InChI is InChI=1S/C14H27NO2/c1-5-12(14(16)17-6-2)15-13-8-7-10(3)9-11(13)4/h10-13,15H,5-9H2,1-4H3. The zero-order chi connectivity index (χ0) is 12.8. The van der Waals surface area contributed by atoms with Crippen molar-refractivity contribution in [2.75, 3.05) is 6.61 Å². The first-order valence-electron chi connectivity index (χ1n) is 7.01. The third-order valence-corrected chi connectivity index (χ3v) is 3.83. The normalized spacial score (nSPS) is 30.9. The van der Waals surface area contributed by atoms with Gasteiger partial charge in [0.25, 0.3) is 0 Å². The Balaban J connectivity index is 2.47. The zero-order valence-corrected chi connectivity index (χ0v) is 11.7. The Morgan fingerprint density at radius 2 is 2.06 bits per heavy atom. The maximum Gasteiger partial charge on any atom is 0.323 e. The minimum absolute atomic E-state index is 0.0965. The summed E-state index contributed by atoms with van der Waals surface area (Å²) in [5.41, 5.74) is 0. The lowest BCUT2D eigenvalue weighted by Crippen LogP contribution is -2.48. The number of nitrogens with one attached hydrogen (secondary N) is 1. The molecule has 0 aliphatic heterocycles. The first-order valence-corrected chi connectivity index (χ1v) is 7.01. The van der Waals surface area contributed by atoms with Crippen LogP contribution in [0.25, 0.3) is 0 Å². The molecule has 1 rings (SSSR count). The van der Waals surface area contributed by atoms with E-state index in [4.69, 9.17) is 4.74 Å². The molecule has 0 spiro atoms. The summed E-state index contributed by atoms with van der Waals surface area (Å²) >= 11 is 0. The number of hydrogen-bond donors (Lipinski definition) is 1. The van der Waals surface area contributed by atoms with Crippen LogP contribution in [0.3, 0.4) is 0 Å². The molecule has 17 heavy (non-hydrogen) atoms. The van der Waals surface area contributed by atoms with E-state index < -0.39 is 0 Å². The average Bonchev–Trinajstić information content (AvgIpc) is 2.28. The van der Waals surface area contributed by atoms with E-state index in [1.54, 1.807) is 0 Å². The van der Waals surface area contributed by atoms with Crippen molar-refractivity contribution >= 4 is 5.97 Å². The summed E-state index contributed by atoms with van der Waals surface area (Å²) in [6.07, 6.45) is 4.51. The van der Waals surface area contributed by atoms with Gasteiger partial charge in [0.15, 0.2) is 0 Å². The Morgan fingerprint density at radius 3 is 2.59 bits per heavy atom. The van der Waals surface area contributed by atoms with Crippen LogP contribution in [-0.2, 0) is 9.53 Å². The predicted octanol–water partition coefficient (Wildman–Crippen LogP) is 2.74. The van der Waals surface area contributed by atoms with Gasteiger partial charge in [-0.15, -0.1) is 0 Å². The minimum Gasteiger partial charge on any atom is -0.465 e. The fourth-order valence-electron chi connectivity index (χ4n) is 2.77. The van der Waals surface area contributed by atoms with Gasteiger partial charge in [-0.3, -0.25) is 4.79 Å². The van der Waals surface area contributed by atoms with E-state index in [0.29, 0.717) is 18.6 Å². The molecule has 3 nitrogen and oxygen atoms in total. The Bertz CT molecular complexity index is 242. The highest BCUT2D eigenvalue weighted by atomic mass is 16.5. The Kier molecular flexibility index (Phi) is 5.96.